The zero-order chi connectivity index (χ0) is 22.2. The van der Waals surface area contributed by atoms with Crippen molar-refractivity contribution in [1.29, 1.82) is 0 Å². The maximum atomic E-state index is 13.1. The molecule has 0 bridgehead atoms. The number of nitrogens with zero attached hydrogens (tertiary/aromatic N) is 6. The Bertz CT molecular complexity index is 1120. The number of carbonyl (C=O) groups is 1. The molecule has 0 aromatic carbocycles. The van der Waals surface area contributed by atoms with E-state index >= 15 is 0 Å². The van der Waals surface area contributed by atoms with Crippen molar-refractivity contribution in [3.8, 4) is 0 Å². The molecule has 7 nitrogen and oxygen atoms in total. The van der Waals surface area contributed by atoms with E-state index in [9.17, 15) is 4.79 Å². The lowest BCUT2D eigenvalue weighted by molar-refractivity contribution is -0.123. The van der Waals surface area contributed by atoms with Crippen LogP contribution in [0.3, 0.4) is 0 Å². The third-order valence-electron chi connectivity index (χ3n) is 6.39. The normalized spacial score (nSPS) is 22.5. The van der Waals surface area contributed by atoms with Gasteiger partial charge in [-0.2, -0.15) is 5.10 Å². The first-order chi connectivity index (χ1) is 15.6. The summed E-state index contributed by atoms with van der Waals surface area (Å²) in [5.41, 5.74) is 5.05. The molecule has 2 aromatic rings. The number of hydrogen-bond acceptors (Lipinski definition) is 5. The molecule has 0 spiro atoms. The summed E-state index contributed by atoms with van der Waals surface area (Å²) in [6, 6.07) is 2.08. The fourth-order valence-electron chi connectivity index (χ4n) is 4.72. The van der Waals surface area contributed by atoms with E-state index < -0.39 is 0 Å². The van der Waals surface area contributed by atoms with Gasteiger partial charge < -0.3 is 9.80 Å². The molecule has 3 aliphatic rings. The number of aromatic nitrogens is 3. The topological polar surface area (TPSA) is 57.0 Å². The van der Waals surface area contributed by atoms with Gasteiger partial charge in [-0.15, -0.1) is 0 Å². The van der Waals surface area contributed by atoms with Gasteiger partial charge in [-0.1, -0.05) is 28.5 Å². The van der Waals surface area contributed by atoms with Gasteiger partial charge in [0, 0.05) is 43.8 Å². The highest BCUT2D eigenvalue weighted by molar-refractivity contribution is 7.51. The van der Waals surface area contributed by atoms with Crippen LogP contribution in [-0.4, -0.2) is 73.7 Å². The number of fused-ring (bicyclic) bond motifs is 2. The third-order valence-corrected chi connectivity index (χ3v) is 7.86. The second-order valence-electron chi connectivity index (χ2n) is 8.68. The van der Waals surface area contributed by atoms with Crippen LogP contribution in [0.2, 0.25) is 0 Å². The summed E-state index contributed by atoms with van der Waals surface area (Å²) in [5.74, 6) is 0.111. The van der Waals surface area contributed by atoms with Crippen molar-refractivity contribution in [2.45, 2.75) is 39.4 Å². The van der Waals surface area contributed by atoms with Crippen molar-refractivity contribution in [2.75, 3.05) is 32.7 Å². The fraction of sp³-hybridized carbons (Fsp3) is 0.458. The second-order valence-corrected chi connectivity index (χ2v) is 10.1. The first-order valence-corrected chi connectivity index (χ1v) is 12.7. The summed E-state index contributed by atoms with van der Waals surface area (Å²) in [6.07, 6.45) is 12.2. The van der Waals surface area contributed by atoms with Crippen LogP contribution in [0.4, 0.5) is 0 Å². The fourth-order valence-corrected chi connectivity index (χ4v) is 6.05. The van der Waals surface area contributed by atoms with Crippen molar-refractivity contribution >= 4 is 25.3 Å². The van der Waals surface area contributed by atoms with E-state index in [0.29, 0.717) is 8.58 Å². The van der Waals surface area contributed by atoms with Gasteiger partial charge in [-0.3, -0.25) is 14.7 Å². The predicted molar refractivity (Wildman–Crippen MR) is 130 cm³/mol. The van der Waals surface area contributed by atoms with Crippen LogP contribution in [-0.2, 0) is 11.2 Å². The Kier molecular flexibility index (Phi) is 5.87. The van der Waals surface area contributed by atoms with E-state index in [2.05, 4.69) is 53.0 Å². The van der Waals surface area contributed by atoms with Gasteiger partial charge in [0.15, 0.2) is 0 Å². The van der Waals surface area contributed by atoms with Gasteiger partial charge in [-0.25, -0.2) is 4.52 Å². The van der Waals surface area contributed by atoms with E-state index in [-0.39, 0.29) is 11.7 Å². The van der Waals surface area contributed by atoms with Crippen LogP contribution in [0, 0.1) is 6.92 Å². The standard InChI is InChI=1S/C24H31N6OP/c1-4-8-27-9-11-28(12-10-27)18-6-7-24-29(16-18)23(31)14-22(32-24)20-13-21-19(5-2)25-17(3)15-30(21)26-20/h6-7,13-16,24,32H,4-5,8-12H2,1-3H3. The van der Waals surface area contributed by atoms with Gasteiger partial charge in [0.2, 0.25) is 0 Å². The van der Waals surface area contributed by atoms with Gasteiger partial charge in [0.25, 0.3) is 5.91 Å². The molecule has 0 N–H and O–H groups in total. The van der Waals surface area contributed by atoms with Crippen molar-refractivity contribution in [3.63, 3.8) is 0 Å². The molecule has 5 rings (SSSR count). The van der Waals surface area contributed by atoms with Crippen LogP contribution < -0.4 is 0 Å². The highest BCUT2D eigenvalue weighted by Crippen LogP contribution is 2.44. The maximum absolute atomic E-state index is 13.1. The number of hydrogen-bond donors (Lipinski definition) is 0. The molecule has 0 saturated carbocycles. The average molecular weight is 451 g/mol. The number of aryl methyl sites for hydroxylation is 2. The second kappa shape index (κ2) is 8.80. The van der Waals surface area contributed by atoms with E-state index in [4.69, 9.17) is 5.10 Å². The Morgan fingerprint density at radius 1 is 1.19 bits per heavy atom. The largest absolute Gasteiger partial charge is 0.368 e. The van der Waals surface area contributed by atoms with Gasteiger partial charge in [0.05, 0.1) is 40.3 Å². The molecule has 1 amide bonds. The Balaban J connectivity index is 1.36. The highest BCUT2D eigenvalue weighted by Gasteiger charge is 2.31. The van der Waals surface area contributed by atoms with E-state index in [0.717, 1.165) is 66.2 Å². The number of allylic oxidation sites excluding steroid dienone is 1. The van der Waals surface area contributed by atoms with Gasteiger partial charge >= 0.3 is 0 Å². The number of carbonyl (C=O) groups excluding carboxylic acids is 1. The third kappa shape index (κ3) is 4.00. The molecule has 2 unspecified atom stereocenters. The Morgan fingerprint density at radius 2 is 2.00 bits per heavy atom. The molecule has 8 heteroatoms. The quantitative estimate of drug-likeness (QED) is 0.655. The summed E-state index contributed by atoms with van der Waals surface area (Å²) in [4.78, 5) is 24.5. The molecule has 5 heterocycles. The molecule has 32 heavy (non-hydrogen) atoms. The summed E-state index contributed by atoms with van der Waals surface area (Å²) < 4.78 is 1.91. The Morgan fingerprint density at radius 3 is 2.75 bits per heavy atom. The summed E-state index contributed by atoms with van der Waals surface area (Å²) in [5, 5.41) is 5.80. The minimum Gasteiger partial charge on any atom is -0.368 e. The van der Waals surface area contributed by atoms with Gasteiger partial charge in [-0.05, 0) is 38.5 Å². The first-order valence-electron chi connectivity index (χ1n) is 11.6. The first kappa shape index (κ1) is 21.4. The maximum Gasteiger partial charge on any atom is 0.252 e. The van der Waals surface area contributed by atoms with E-state index in [1.165, 1.54) is 13.0 Å². The highest BCUT2D eigenvalue weighted by atomic mass is 31.1. The summed E-state index contributed by atoms with van der Waals surface area (Å²) >= 11 is 0. The zero-order valence-corrected chi connectivity index (χ0v) is 20.1. The number of amides is 1. The molecule has 168 valence electrons. The lowest BCUT2D eigenvalue weighted by Crippen LogP contribution is -2.47. The SMILES string of the molecule is CCCN1CCN(C2=CN3C(=O)C=C(c4cc5c(CC)nc(C)cn5n4)PC3C=C2)CC1. The molecular weight excluding hydrogens is 419 g/mol. The average Bonchev–Trinajstić information content (AvgIpc) is 3.23. The smallest absolute Gasteiger partial charge is 0.252 e. The molecule has 1 saturated heterocycles. The molecule has 2 aromatic heterocycles. The van der Waals surface area contributed by atoms with Crippen molar-refractivity contribution in [2.24, 2.45) is 0 Å². The Hall–Kier alpha value is -2.50. The Labute approximate surface area is 191 Å². The molecule has 3 aliphatic heterocycles. The minimum atomic E-state index is 0.0392. The molecule has 0 aliphatic carbocycles. The van der Waals surface area contributed by atoms with Crippen molar-refractivity contribution in [3.05, 3.63) is 59.5 Å². The molecular formula is C24H31N6OP. The predicted octanol–water partition coefficient (Wildman–Crippen LogP) is 3.23. The van der Waals surface area contributed by atoms with Crippen LogP contribution >= 0.6 is 8.58 Å². The lowest BCUT2D eigenvalue weighted by atomic mass is 10.2. The van der Waals surface area contributed by atoms with Crippen LogP contribution in [0.25, 0.3) is 10.8 Å². The van der Waals surface area contributed by atoms with Crippen LogP contribution in [0.1, 0.15) is 37.4 Å². The van der Waals surface area contributed by atoms with Crippen LogP contribution in [0.15, 0.2) is 42.4 Å². The molecule has 0 radical (unpaired) electrons. The summed E-state index contributed by atoms with van der Waals surface area (Å²) in [6.45, 7) is 11.7. The van der Waals surface area contributed by atoms with Gasteiger partial charge in [0.1, 0.15) is 0 Å². The minimum absolute atomic E-state index is 0.0392. The molecule has 2 atom stereocenters. The lowest BCUT2D eigenvalue weighted by Gasteiger charge is -2.40. The van der Waals surface area contributed by atoms with Crippen LogP contribution in [0.5, 0.6) is 0 Å². The van der Waals surface area contributed by atoms with Crippen molar-refractivity contribution in [1.82, 2.24) is 29.3 Å². The number of rotatable bonds is 5. The van der Waals surface area contributed by atoms with Crippen molar-refractivity contribution < 1.29 is 4.79 Å². The zero-order valence-electron chi connectivity index (χ0n) is 19.1. The summed E-state index contributed by atoms with van der Waals surface area (Å²) in [7, 11) is 0.472. The monoisotopic (exact) mass is 450 g/mol. The van der Waals surface area contributed by atoms with E-state index in [1.54, 1.807) is 6.08 Å². The molecule has 1 fully saturated rings. The number of piperazine rings is 1. The van der Waals surface area contributed by atoms with E-state index in [1.807, 2.05) is 22.5 Å².